The van der Waals surface area contributed by atoms with Gasteiger partial charge in [0.15, 0.2) is 5.96 Å². The second kappa shape index (κ2) is 12.7. The number of benzene rings is 1. The number of amides is 2. The first-order chi connectivity index (χ1) is 13.4. The summed E-state index contributed by atoms with van der Waals surface area (Å²) in [6.45, 7) is 11.9. The van der Waals surface area contributed by atoms with Gasteiger partial charge in [-0.2, -0.15) is 0 Å². The molecule has 0 aromatic heterocycles. The average Bonchev–Trinajstić information content (AvgIpc) is 2.70. The molecule has 1 aliphatic heterocycles. The van der Waals surface area contributed by atoms with Crippen LogP contribution < -0.4 is 10.6 Å². The third-order valence-electron chi connectivity index (χ3n) is 5.03. The van der Waals surface area contributed by atoms with E-state index < -0.39 is 0 Å². The van der Waals surface area contributed by atoms with Gasteiger partial charge >= 0.3 is 0 Å². The summed E-state index contributed by atoms with van der Waals surface area (Å²) in [6, 6.07) is 7.83. The van der Waals surface area contributed by atoms with Gasteiger partial charge < -0.3 is 20.4 Å². The fraction of sp³-hybridized carbons (Fsp3) is 0.571. The molecule has 2 N–H and O–H groups in total. The van der Waals surface area contributed by atoms with E-state index in [1.165, 1.54) is 0 Å². The lowest BCUT2D eigenvalue weighted by atomic mass is 10.1. The van der Waals surface area contributed by atoms with Crippen molar-refractivity contribution in [3.05, 3.63) is 29.8 Å². The van der Waals surface area contributed by atoms with Crippen molar-refractivity contribution in [2.75, 3.05) is 38.0 Å². The van der Waals surface area contributed by atoms with Gasteiger partial charge in [-0.25, -0.2) is 4.99 Å². The molecule has 0 saturated carbocycles. The second-order valence-electron chi connectivity index (χ2n) is 7.16. The summed E-state index contributed by atoms with van der Waals surface area (Å²) in [7, 11) is 0. The van der Waals surface area contributed by atoms with Gasteiger partial charge in [-0.3, -0.25) is 9.59 Å². The molecule has 1 unspecified atom stereocenters. The molecule has 2 amide bonds. The molecule has 2 rings (SSSR count). The van der Waals surface area contributed by atoms with Gasteiger partial charge in [0, 0.05) is 51.3 Å². The highest BCUT2D eigenvalue weighted by Crippen LogP contribution is 2.14. The first kappa shape index (κ1) is 25.2. The predicted octanol–water partition coefficient (Wildman–Crippen LogP) is 2.92. The van der Waals surface area contributed by atoms with Crippen LogP contribution in [0.15, 0.2) is 29.3 Å². The zero-order valence-corrected chi connectivity index (χ0v) is 20.2. The molecule has 7 nitrogen and oxygen atoms in total. The van der Waals surface area contributed by atoms with Crippen LogP contribution >= 0.6 is 24.0 Å². The van der Waals surface area contributed by atoms with E-state index in [4.69, 9.17) is 4.99 Å². The lowest BCUT2D eigenvalue weighted by molar-refractivity contribution is -0.130. The smallest absolute Gasteiger partial charge is 0.227 e. The first-order valence-corrected chi connectivity index (χ1v) is 10.1. The van der Waals surface area contributed by atoms with Gasteiger partial charge in [0.2, 0.25) is 11.8 Å². The standard InChI is InChI=1S/C21H33N5O2.HI/c1-5-16(3)20(28)24-19-9-7-8-18(14-19)15-23-21(22-6-2)26-12-10-25(11-13-26)17(4)27;/h7-9,14,16H,5-6,10-13,15H2,1-4H3,(H,22,23)(H,24,28);1H. The molecular weight excluding hydrogens is 481 g/mol. The number of nitrogens with zero attached hydrogens (tertiary/aromatic N) is 3. The molecule has 1 aliphatic rings. The van der Waals surface area contributed by atoms with Gasteiger partial charge in [-0.15, -0.1) is 24.0 Å². The van der Waals surface area contributed by atoms with Gasteiger partial charge in [-0.05, 0) is 31.0 Å². The normalized spacial score (nSPS) is 15.4. The van der Waals surface area contributed by atoms with Crippen LogP contribution in [0.3, 0.4) is 0 Å². The number of nitrogens with one attached hydrogen (secondary N) is 2. The van der Waals surface area contributed by atoms with Gasteiger partial charge in [0.25, 0.3) is 0 Å². The van der Waals surface area contributed by atoms with E-state index in [0.717, 1.165) is 56.4 Å². The number of guanidine groups is 1. The Balaban J connectivity index is 0.00000420. The molecule has 0 bridgehead atoms. The largest absolute Gasteiger partial charge is 0.357 e. The van der Waals surface area contributed by atoms with Crippen LogP contribution in [0.1, 0.15) is 39.7 Å². The molecule has 0 radical (unpaired) electrons. The van der Waals surface area contributed by atoms with Crippen LogP contribution in [0.5, 0.6) is 0 Å². The molecule has 1 atom stereocenters. The number of piperazine rings is 1. The van der Waals surface area contributed by atoms with E-state index in [-0.39, 0.29) is 41.7 Å². The minimum atomic E-state index is -0.00398. The monoisotopic (exact) mass is 515 g/mol. The van der Waals surface area contributed by atoms with Crippen molar-refractivity contribution in [2.24, 2.45) is 10.9 Å². The fourth-order valence-corrected chi connectivity index (χ4v) is 3.02. The van der Waals surface area contributed by atoms with E-state index in [2.05, 4.69) is 15.5 Å². The second-order valence-corrected chi connectivity index (χ2v) is 7.16. The van der Waals surface area contributed by atoms with Crippen molar-refractivity contribution in [1.29, 1.82) is 0 Å². The Bertz CT molecular complexity index is 702. The Morgan fingerprint density at radius 2 is 1.79 bits per heavy atom. The summed E-state index contributed by atoms with van der Waals surface area (Å²) in [4.78, 5) is 32.4. The fourth-order valence-electron chi connectivity index (χ4n) is 3.02. The third kappa shape index (κ3) is 7.83. The highest BCUT2D eigenvalue weighted by Gasteiger charge is 2.20. The van der Waals surface area contributed by atoms with Crippen LogP contribution in [0.2, 0.25) is 0 Å². The number of halogens is 1. The minimum Gasteiger partial charge on any atom is -0.357 e. The van der Waals surface area contributed by atoms with Crippen LogP contribution in [0.4, 0.5) is 5.69 Å². The van der Waals surface area contributed by atoms with E-state index in [1.807, 2.05) is 49.9 Å². The van der Waals surface area contributed by atoms with Crippen molar-refractivity contribution in [2.45, 2.75) is 40.7 Å². The maximum Gasteiger partial charge on any atom is 0.227 e. The summed E-state index contributed by atoms with van der Waals surface area (Å²) in [6.07, 6.45) is 0.818. The summed E-state index contributed by atoms with van der Waals surface area (Å²) in [5.74, 6) is 1.02. The topological polar surface area (TPSA) is 77.0 Å². The SMILES string of the molecule is CCNC(=NCc1cccc(NC(=O)C(C)CC)c1)N1CCN(C(C)=O)CC1.I. The number of carbonyl (C=O) groups excluding carboxylic acids is 2. The van der Waals surface area contributed by atoms with Crippen LogP contribution in [-0.2, 0) is 16.1 Å². The average molecular weight is 515 g/mol. The Kier molecular flexibility index (Phi) is 11.0. The summed E-state index contributed by atoms with van der Waals surface area (Å²) in [5, 5.41) is 6.31. The van der Waals surface area contributed by atoms with Crippen molar-refractivity contribution in [3.63, 3.8) is 0 Å². The van der Waals surface area contributed by atoms with Crippen molar-refractivity contribution in [1.82, 2.24) is 15.1 Å². The Morgan fingerprint density at radius 3 is 2.38 bits per heavy atom. The van der Waals surface area contributed by atoms with Crippen molar-refractivity contribution < 1.29 is 9.59 Å². The first-order valence-electron chi connectivity index (χ1n) is 10.1. The predicted molar refractivity (Wildman–Crippen MR) is 129 cm³/mol. The summed E-state index contributed by atoms with van der Waals surface area (Å²) < 4.78 is 0. The molecule has 1 fully saturated rings. The molecule has 0 spiro atoms. The van der Waals surface area contributed by atoms with Gasteiger partial charge in [-0.1, -0.05) is 26.0 Å². The molecule has 29 heavy (non-hydrogen) atoms. The van der Waals surface area contributed by atoms with Gasteiger partial charge in [0.1, 0.15) is 0 Å². The molecule has 8 heteroatoms. The number of aliphatic imine (C=N–C) groups is 1. The number of carbonyl (C=O) groups is 2. The zero-order valence-electron chi connectivity index (χ0n) is 17.9. The maximum atomic E-state index is 12.1. The number of anilines is 1. The summed E-state index contributed by atoms with van der Waals surface area (Å²) >= 11 is 0. The highest BCUT2D eigenvalue weighted by molar-refractivity contribution is 14.0. The lowest BCUT2D eigenvalue weighted by Crippen LogP contribution is -2.53. The number of hydrogen-bond acceptors (Lipinski definition) is 3. The molecule has 162 valence electrons. The van der Waals surface area contributed by atoms with Gasteiger partial charge in [0.05, 0.1) is 6.54 Å². The summed E-state index contributed by atoms with van der Waals surface area (Å²) in [5.41, 5.74) is 1.85. The minimum absolute atomic E-state index is 0. The molecule has 1 aromatic carbocycles. The molecular formula is C21H34IN5O2. The quantitative estimate of drug-likeness (QED) is 0.347. The van der Waals surface area contributed by atoms with Crippen molar-refractivity contribution in [3.8, 4) is 0 Å². The maximum absolute atomic E-state index is 12.1. The molecule has 1 heterocycles. The third-order valence-corrected chi connectivity index (χ3v) is 5.03. The van der Waals surface area contributed by atoms with Crippen molar-refractivity contribution >= 4 is 47.4 Å². The lowest BCUT2D eigenvalue weighted by Gasteiger charge is -2.36. The van der Waals surface area contributed by atoms with Crippen LogP contribution in [0.25, 0.3) is 0 Å². The van der Waals surface area contributed by atoms with Crippen LogP contribution in [0, 0.1) is 5.92 Å². The zero-order chi connectivity index (χ0) is 20.5. The Labute approximate surface area is 191 Å². The number of hydrogen-bond donors (Lipinski definition) is 2. The molecule has 1 saturated heterocycles. The molecule has 0 aliphatic carbocycles. The van der Waals surface area contributed by atoms with E-state index in [9.17, 15) is 9.59 Å². The van der Waals surface area contributed by atoms with Crippen LogP contribution in [-0.4, -0.2) is 60.3 Å². The Hall–Kier alpha value is -1.84. The number of rotatable bonds is 6. The van der Waals surface area contributed by atoms with E-state index in [1.54, 1.807) is 6.92 Å². The highest BCUT2D eigenvalue weighted by atomic mass is 127. The van der Waals surface area contributed by atoms with E-state index >= 15 is 0 Å². The molecule has 1 aromatic rings. The Morgan fingerprint density at radius 1 is 1.14 bits per heavy atom. The van der Waals surface area contributed by atoms with E-state index in [0.29, 0.717) is 6.54 Å².